The van der Waals surface area contributed by atoms with Crippen LogP contribution in [0, 0.1) is 11.2 Å². The minimum Gasteiger partial charge on any atom is -0.370 e. The molecule has 40 heavy (non-hydrogen) atoms. The Morgan fingerprint density at radius 1 is 0.975 bits per heavy atom. The molecular formula is C33H47F3N4. The van der Waals surface area contributed by atoms with E-state index in [0.29, 0.717) is 42.4 Å². The van der Waals surface area contributed by atoms with Crippen molar-refractivity contribution in [3.63, 3.8) is 0 Å². The largest absolute Gasteiger partial charge is 0.370 e. The molecule has 5 rings (SSSR count). The number of likely N-dealkylation sites (tertiary alicyclic amines) is 1. The van der Waals surface area contributed by atoms with E-state index in [1.807, 2.05) is 58.7 Å². The van der Waals surface area contributed by atoms with Crippen LogP contribution in [0.5, 0.6) is 0 Å². The number of nitrogens with zero attached hydrogens (tertiary/aromatic N) is 3. The molecule has 0 saturated carbocycles. The Hall–Kier alpha value is -2.64. The van der Waals surface area contributed by atoms with Gasteiger partial charge in [0, 0.05) is 36.3 Å². The van der Waals surface area contributed by atoms with E-state index in [2.05, 4.69) is 29.6 Å². The van der Waals surface area contributed by atoms with Crippen LogP contribution in [0.4, 0.5) is 18.9 Å². The van der Waals surface area contributed by atoms with Crippen LogP contribution in [-0.2, 0) is 12.8 Å². The van der Waals surface area contributed by atoms with Gasteiger partial charge in [0.05, 0.1) is 23.2 Å². The number of aromatic nitrogens is 1. The molecule has 1 spiro atoms. The number of fused-ring (bicyclic) bond motifs is 1. The molecule has 1 N–H and O–H groups in total. The van der Waals surface area contributed by atoms with Crippen molar-refractivity contribution in [3.8, 4) is 11.3 Å². The molecule has 2 aliphatic heterocycles. The van der Waals surface area contributed by atoms with Gasteiger partial charge in [-0.15, -0.1) is 0 Å². The lowest BCUT2D eigenvalue weighted by Gasteiger charge is -2.30. The van der Waals surface area contributed by atoms with Crippen molar-refractivity contribution >= 4 is 16.6 Å². The molecule has 0 amide bonds. The second kappa shape index (κ2) is 13.8. The first-order valence-corrected chi connectivity index (χ1v) is 14.9. The number of rotatable bonds is 7. The van der Waals surface area contributed by atoms with E-state index < -0.39 is 11.3 Å². The predicted octanol–water partition coefficient (Wildman–Crippen LogP) is 7.58. The van der Waals surface area contributed by atoms with Gasteiger partial charge in [0.1, 0.15) is 5.82 Å². The van der Waals surface area contributed by atoms with Crippen molar-refractivity contribution in [2.45, 2.75) is 66.2 Å². The standard InChI is InChI=1S/C29H35F3N4.2C2H6/c1-4-21-14-26-23(15-24(21)30)27(36-13-11-28(18-36)17-35(3)19-29(28,31)32)16-25(34-26)22-9-7-20(8-10-22)6-5-12-33-2;2*1-2/h7-10,14-16,33H,4-6,11-13,17-19H2,1-3H3;2*1-2H3. The molecular weight excluding hydrogens is 509 g/mol. The fourth-order valence-electron chi connectivity index (χ4n) is 5.96. The molecule has 7 heteroatoms. The Morgan fingerprint density at radius 3 is 2.27 bits per heavy atom. The van der Waals surface area contributed by atoms with E-state index >= 15 is 8.78 Å². The van der Waals surface area contributed by atoms with E-state index in [9.17, 15) is 4.39 Å². The van der Waals surface area contributed by atoms with Crippen LogP contribution in [0.25, 0.3) is 22.2 Å². The molecule has 0 radical (unpaired) electrons. The van der Waals surface area contributed by atoms with E-state index in [4.69, 9.17) is 4.98 Å². The average molecular weight is 557 g/mol. The fourth-order valence-corrected chi connectivity index (χ4v) is 5.96. The van der Waals surface area contributed by atoms with Gasteiger partial charge in [-0.1, -0.05) is 58.9 Å². The van der Waals surface area contributed by atoms with Crippen LogP contribution >= 0.6 is 0 Å². The monoisotopic (exact) mass is 556 g/mol. The molecule has 4 nitrogen and oxygen atoms in total. The molecule has 220 valence electrons. The lowest BCUT2D eigenvalue weighted by Crippen LogP contribution is -2.42. The first-order chi connectivity index (χ1) is 19.2. The summed E-state index contributed by atoms with van der Waals surface area (Å²) in [6.45, 7) is 11.8. The molecule has 1 aromatic heterocycles. The minimum atomic E-state index is -2.74. The van der Waals surface area contributed by atoms with Gasteiger partial charge in [-0.05, 0) is 75.6 Å². The van der Waals surface area contributed by atoms with E-state index in [1.165, 1.54) is 11.6 Å². The third-order valence-electron chi connectivity index (χ3n) is 7.99. The number of halogens is 3. The number of hydrogen-bond donors (Lipinski definition) is 1. The third-order valence-corrected chi connectivity index (χ3v) is 7.99. The maximum Gasteiger partial charge on any atom is 0.269 e. The van der Waals surface area contributed by atoms with Gasteiger partial charge < -0.3 is 10.2 Å². The number of pyridine rings is 1. The Morgan fingerprint density at radius 2 is 1.68 bits per heavy atom. The Balaban J connectivity index is 0.00000106. The van der Waals surface area contributed by atoms with E-state index in [1.54, 1.807) is 11.9 Å². The van der Waals surface area contributed by atoms with Crippen molar-refractivity contribution in [2.75, 3.05) is 51.7 Å². The van der Waals surface area contributed by atoms with Crippen LogP contribution in [0.2, 0.25) is 0 Å². The summed E-state index contributed by atoms with van der Waals surface area (Å²) in [6.07, 6.45) is 3.04. The van der Waals surface area contributed by atoms with Crippen LogP contribution in [0.15, 0.2) is 42.5 Å². The van der Waals surface area contributed by atoms with Crippen molar-refractivity contribution < 1.29 is 13.2 Å². The van der Waals surface area contributed by atoms with E-state index in [-0.39, 0.29) is 18.9 Å². The SMILES string of the molecule is CC.CC.CCc1cc2nc(-c3ccc(CCCNC)cc3)cc(N3CCC4(CN(C)CC4(F)F)C3)c2cc1F. The predicted molar refractivity (Wildman–Crippen MR) is 163 cm³/mol. The molecule has 2 fully saturated rings. The van der Waals surface area contributed by atoms with Crippen LogP contribution in [-0.4, -0.2) is 62.6 Å². The Labute approximate surface area is 239 Å². The second-order valence-electron chi connectivity index (χ2n) is 10.6. The summed E-state index contributed by atoms with van der Waals surface area (Å²) in [5.74, 6) is -3.02. The second-order valence-corrected chi connectivity index (χ2v) is 10.6. The highest BCUT2D eigenvalue weighted by molar-refractivity contribution is 5.95. The maximum absolute atomic E-state index is 15.1. The average Bonchev–Trinajstić information content (AvgIpc) is 3.49. The summed E-state index contributed by atoms with van der Waals surface area (Å²) < 4.78 is 45.0. The van der Waals surface area contributed by atoms with Gasteiger partial charge in [-0.3, -0.25) is 4.90 Å². The molecule has 3 aromatic rings. The first kappa shape index (κ1) is 31.9. The molecule has 2 aromatic carbocycles. The van der Waals surface area contributed by atoms with Crippen molar-refractivity contribution in [1.82, 2.24) is 15.2 Å². The highest BCUT2D eigenvalue weighted by Gasteiger charge is 2.61. The van der Waals surface area contributed by atoms with Gasteiger partial charge in [-0.2, -0.15) is 0 Å². The van der Waals surface area contributed by atoms with Crippen LogP contribution in [0.1, 0.15) is 58.6 Å². The van der Waals surface area contributed by atoms with Gasteiger partial charge in [-0.25, -0.2) is 18.2 Å². The fraction of sp³-hybridized carbons (Fsp3) is 0.545. The molecule has 3 heterocycles. The van der Waals surface area contributed by atoms with Crippen molar-refractivity contribution in [1.29, 1.82) is 0 Å². The summed E-state index contributed by atoms with van der Waals surface area (Å²) in [6, 6.07) is 13.7. The molecule has 2 aliphatic rings. The van der Waals surface area contributed by atoms with Crippen LogP contribution in [0.3, 0.4) is 0 Å². The molecule has 1 atom stereocenters. The molecule has 2 saturated heterocycles. The Bertz CT molecular complexity index is 1240. The zero-order valence-corrected chi connectivity index (χ0v) is 25.4. The number of benzene rings is 2. The summed E-state index contributed by atoms with van der Waals surface area (Å²) in [5, 5.41) is 3.86. The quantitative estimate of drug-likeness (QED) is 0.304. The summed E-state index contributed by atoms with van der Waals surface area (Å²) in [7, 11) is 3.71. The number of anilines is 1. The van der Waals surface area contributed by atoms with Gasteiger partial charge in [0.2, 0.25) is 0 Å². The molecule has 1 unspecified atom stereocenters. The van der Waals surface area contributed by atoms with Gasteiger partial charge >= 0.3 is 0 Å². The van der Waals surface area contributed by atoms with Crippen molar-refractivity contribution in [3.05, 3.63) is 59.4 Å². The van der Waals surface area contributed by atoms with E-state index in [0.717, 1.165) is 36.3 Å². The highest BCUT2D eigenvalue weighted by atomic mass is 19.3. The third kappa shape index (κ3) is 6.46. The smallest absolute Gasteiger partial charge is 0.269 e. The van der Waals surface area contributed by atoms with Crippen molar-refractivity contribution in [2.24, 2.45) is 5.41 Å². The zero-order chi connectivity index (χ0) is 29.5. The highest BCUT2D eigenvalue weighted by Crippen LogP contribution is 2.51. The minimum absolute atomic E-state index is 0.210. The normalized spacial score (nSPS) is 19.9. The lowest BCUT2D eigenvalue weighted by atomic mass is 9.83. The van der Waals surface area contributed by atoms with Gasteiger partial charge in [0.15, 0.2) is 0 Å². The number of hydrogen-bond acceptors (Lipinski definition) is 4. The van der Waals surface area contributed by atoms with Crippen LogP contribution < -0.4 is 10.2 Å². The maximum atomic E-state index is 15.1. The zero-order valence-electron chi connectivity index (χ0n) is 25.4. The number of aryl methyl sites for hydroxylation is 2. The summed E-state index contributed by atoms with van der Waals surface area (Å²) in [5.41, 5.74) is 4.04. The molecule has 0 bridgehead atoms. The lowest BCUT2D eigenvalue weighted by molar-refractivity contribution is -0.0735. The number of nitrogens with one attached hydrogen (secondary N) is 1. The summed E-state index contributed by atoms with van der Waals surface area (Å²) in [4.78, 5) is 8.65. The Kier molecular flexibility index (Phi) is 11.0. The molecule has 0 aliphatic carbocycles. The topological polar surface area (TPSA) is 31.4 Å². The summed E-state index contributed by atoms with van der Waals surface area (Å²) >= 11 is 0. The van der Waals surface area contributed by atoms with Gasteiger partial charge in [0.25, 0.3) is 5.92 Å². The first-order valence-electron chi connectivity index (χ1n) is 14.9. The number of alkyl halides is 2.